The summed E-state index contributed by atoms with van der Waals surface area (Å²) in [6.45, 7) is 4.84. The molecule has 1 fully saturated rings. The lowest BCUT2D eigenvalue weighted by molar-refractivity contribution is 0.0737. The molecule has 0 aliphatic carbocycles. The highest BCUT2D eigenvalue weighted by atomic mass is 35.5. The summed E-state index contributed by atoms with van der Waals surface area (Å²) in [6.07, 6.45) is 1.02. The minimum atomic E-state index is 0.0600. The average Bonchev–Trinajstić information content (AvgIpc) is 2.73. The molecule has 0 radical (unpaired) electrons. The summed E-state index contributed by atoms with van der Waals surface area (Å²) in [5, 5.41) is 0.690. The number of carbonyl (C=O) groups excluding carboxylic acids is 1. The molecule has 1 aromatic rings. The molecule has 1 aliphatic rings. The van der Waals surface area contributed by atoms with Crippen molar-refractivity contribution in [2.75, 3.05) is 12.4 Å². The third kappa shape index (κ3) is 2.50. The molecule has 0 bridgehead atoms. The van der Waals surface area contributed by atoms with Crippen LogP contribution in [0.25, 0.3) is 0 Å². The molecule has 1 aromatic carbocycles. The average molecular weight is 286 g/mol. The summed E-state index contributed by atoms with van der Waals surface area (Å²) in [5.74, 6) is 1.03. The molecule has 4 heteroatoms. The minimum Gasteiger partial charge on any atom is -0.334 e. The number of likely N-dealkylation sites (tertiary alicyclic amines) is 1. The van der Waals surface area contributed by atoms with Crippen molar-refractivity contribution in [2.24, 2.45) is 5.92 Å². The van der Waals surface area contributed by atoms with Crippen LogP contribution in [0.3, 0.4) is 0 Å². The van der Waals surface area contributed by atoms with Crippen molar-refractivity contribution in [3.63, 3.8) is 0 Å². The van der Waals surface area contributed by atoms with Gasteiger partial charge in [-0.15, -0.1) is 11.6 Å². The van der Waals surface area contributed by atoms with Crippen molar-refractivity contribution in [1.82, 2.24) is 4.90 Å². The minimum absolute atomic E-state index is 0.0600. The van der Waals surface area contributed by atoms with Crippen LogP contribution in [-0.4, -0.2) is 29.3 Å². The number of alkyl halides is 1. The van der Waals surface area contributed by atoms with Crippen LogP contribution in [0.5, 0.6) is 0 Å². The van der Waals surface area contributed by atoms with E-state index in [1.54, 1.807) is 12.1 Å². The van der Waals surface area contributed by atoms with Crippen molar-refractivity contribution in [3.05, 3.63) is 34.3 Å². The number of hydrogen-bond donors (Lipinski definition) is 0. The van der Waals surface area contributed by atoms with E-state index in [1.807, 2.05) is 17.9 Å². The molecule has 1 amide bonds. The van der Waals surface area contributed by atoms with Gasteiger partial charge in [-0.25, -0.2) is 0 Å². The van der Waals surface area contributed by atoms with Crippen molar-refractivity contribution in [2.45, 2.75) is 26.3 Å². The van der Waals surface area contributed by atoms with E-state index in [-0.39, 0.29) is 11.9 Å². The van der Waals surface area contributed by atoms with Crippen molar-refractivity contribution in [1.29, 1.82) is 0 Å². The van der Waals surface area contributed by atoms with Gasteiger partial charge in [-0.1, -0.05) is 18.5 Å². The largest absolute Gasteiger partial charge is 0.334 e. The number of rotatable bonds is 2. The van der Waals surface area contributed by atoms with Crippen LogP contribution in [0.15, 0.2) is 18.2 Å². The van der Waals surface area contributed by atoms with Gasteiger partial charge in [0.15, 0.2) is 0 Å². The zero-order chi connectivity index (χ0) is 13.3. The summed E-state index contributed by atoms with van der Waals surface area (Å²) < 4.78 is 0. The Morgan fingerprint density at radius 3 is 2.83 bits per heavy atom. The van der Waals surface area contributed by atoms with Gasteiger partial charge in [0.05, 0.1) is 0 Å². The van der Waals surface area contributed by atoms with E-state index in [1.165, 1.54) is 0 Å². The van der Waals surface area contributed by atoms with E-state index in [0.29, 0.717) is 22.4 Å². The van der Waals surface area contributed by atoms with Crippen LogP contribution >= 0.6 is 23.2 Å². The first-order chi connectivity index (χ1) is 8.54. The number of nitrogens with zero attached hydrogens (tertiary/aromatic N) is 1. The summed E-state index contributed by atoms with van der Waals surface area (Å²) in [5.41, 5.74) is 1.62. The molecule has 18 heavy (non-hydrogen) atoms. The monoisotopic (exact) mass is 285 g/mol. The maximum atomic E-state index is 12.4. The molecule has 0 spiro atoms. The second-order valence-electron chi connectivity index (χ2n) is 4.95. The highest BCUT2D eigenvalue weighted by Gasteiger charge is 2.34. The fourth-order valence-electron chi connectivity index (χ4n) is 2.44. The van der Waals surface area contributed by atoms with Gasteiger partial charge in [0.2, 0.25) is 0 Å². The third-order valence-electron chi connectivity index (χ3n) is 3.71. The lowest BCUT2D eigenvalue weighted by Gasteiger charge is -2.25. The van der Waals surface area contributed by atoms with E-state index in [9.17, 15) is 4.79 Å². The molecule has 2 rings (SSSR count). The summed E-state index contributed by atoms with van der Waals surface area (Å²) in [6, 6.07) is 5.56. The number of halogens is 2. The van der Waals surface area contributed by atoms with Crippen LogP contribution in [0, 0.1) is 12.8 Å². The molecule has 0 saturated carbocycles. The maximum absolute atomic E-state index is 12.4. The number of benzene rings is 1. The van der Waals surface area contributed by atoms with E-state index >= 15 is 0 Å². The van der Waals surface area contributed by atoms with Crippen molar-refractivity contribution >= 4 is 29.1 Å². The smallest absolute Gasteiger partial charge is 0.254 e. The zero-order valence-corrected chi connectivity index (χ0v) is 12.1. The first-order valence-electron chi connectivity index (χ1n) is 6.17. The van der Waals surface area contributed by atoms with Crippen molar-refractivity contribution in [3.8, 4) is 0 Å². The highest BCUT2D eigenvalue weighted by molar-refractivity contribution is 6.31. The molecule has 0 aromatic heterocycles. The number of carbonyl (C=O) groups is 1. The maximum Gasteiger partial charge on any atom is 0.254 e. The van der Waals surface area contributed by atoms with Gasteiger partial charge in [-0.3, -0.25) is 4.79 Å². The lowest BCUT2D eigenvalue weighted by Crippen LogP contribution is -2.38. The van der Waals surface area contributed by atoms with Gasteiger partial charge in [0.1, 0.15) is 0 Å². The predicted molar refractivity (Wildman–Crippen MR) is 75.5 cm³/mol. The van der Waals surface area contributed by atoms with Gasteiger partial charge < -0.3 is 4.90 Å². The van der Waals surface area contributed by atoms with Gasteiger partial charge in [-0.05, 0) is 43.0 Å². The van der Waals surface area contributed by atoms with Crippen molar-refractivity contribution < 1.29 is 4.79 Å². The quantitative estimate of drug-likeness (QED) is 0.758. The van der Waals surface area contributed by atoms with Gasteiger partial charge in [-0.2, -0.15) is 0 Å². The topological polar surface area (TPSA) is 20.3 Å². The van der Waals surface area contributed by atoms with Crippen LogP contribution in [0.4, 0.5) is 0 Å². The Bertz CT molecular complexity index is 461. The molecule has 0 N–H and O–H groups in total. The standard InChI is InChI=1S/C14H17Cl2NO/c1-9-5-6-17(13(9)8-15)14(18)11-3-4-12(16)10(2)7-11/h3-4,7,9,13H,5-6,8H2,1-2H3. The van der Waals surface area contributed by atoms with Gasteiger partial charge in [0, 0.05) is 29.1 Å². The highest BCUT2D eigenvalue weighted by Crippen LogP contribution is 2.27. The molecule has 2 nitrogen and oxygen atoms in total. The Morgan fingerprint density at radius 2 is 2.22 bits per heavy atom. The third-order valence-corrected chi connectivity index (χ3v) is 4.45. The van der Waals surface area contributed by atoms with E-state index in [2.05, 4.69) is 6.92 Å². The Hall–Kier alpha value is -0.730. The Morgan fingerprint density at radius 1 is 1.50 bits per heavy atom. The molecule has 2 unspecified atom stereocenters. The van der Waals surface area contributed by atoms with Crippen LogP contribution < -0.4 is 0 Å². The second kappa shape index (κ2) is 5.50. The number of amides is 1. The number of aryl methyl sites for hydroxylation is 1. The van der Waals surface area contributed by atoms with Crippen LogP contribution in [0.2, 0.25) is 5.02 Å². The summed E-state index contributed by atoms with van der Waals surface area (Å²) in [4.78, 5) is 14.3. The molecule has 1 heterocycles. The summed E-state index contributed by atoms with van der Waals surface area (Å²) in [7, 11) is 0. The molecule has 98 valence electrons. The van der Waals surface area contributed by atoms with E-state index in [4.69, 9.17) is 23.2 Å². The second-order valence-corrected chi connectivity index (χ2v) is 5.67. The Labute approximate surface area is 118 Å². The Kier molecular flexibility index (Phi) is 4.18. The normalized spacial score (nSPS) is 23.4. The first kappa shape index (κ1) is 13.7. The molecule has 2 atom stereocenters. The van der Waals surface area contributed by atoms with E-state index in [0.717, 1.165) is 18.5 Å². The van der Waals surface area contributed by atoms with Gasteiger partial charge in [0.25, 0.3) is 5.91 Å². The fourth-order valence-corrected chi connectivity index (χ4v) is 3.03. The molecule has 1 aliphatic heterocycles. The van der Waals surface area contributed by atoms with E-state index < -0.39 is 0 Å². The lowest BCUT2D eigenvalue weighted by atomic mass is 10.0. The Balaban J connectivity index is 2.23. The fraction of sp³-hybridized carbons (Fsp3) is 0.500. The molecular weight excluding hydrogens is 269 g/mol. The first-order valence-corrected chi connectivity index (χ1v) is 7.09. The van der Waals surface area contributed by atoms with Crippen LogP contribution in [-0.2, 0) is 0 Å². The number of hydrogen-bond acceptors (Lipinski definition) is 1. The van der Waals surface area contributed by atoms with Gasteiger partial charge >= 0.3 is 0 Å². The predicted octanol–water partition coefficient (Wildman–Crippen LogP) is 3.74. The molecular formula is C14H17Cl2NO. The zero-order valence-electron chi connectivity index (χ0n) is 10.6. The summed E-state index contributed by atoms with van der Waals surface area (Å²) >= 11 is 11.9. The van der Waals surface area contributed by atoms with Crippen LogP contribution in [0.1, 0.15) is 29.3 Å². The molecule has 1 saturated heterocycles. The SMILES string of the molecule is Cc1cc(C(=O)N2CCC(C)C2CCl)ccc1Cl.